The van der Waals surface area contributed by atoms with Crippen molar-refractivity contribution in [2.75, 3.05) is 17.4 Å². The van der Waals surface area contributed by atoms with Crippen LogP contribution in [0, 0.1) is 0 Å². The molecule has 0 spiro atoms. The van der Waals surface area contributed by atoms with Crippen molar-refractivity contribution in [3.8, 4) is 0 Å². The Morgan fingerprint density at radius 2 is 1.49 bits per heavy atom. The Kier molecular flexibility index (Phi) is 12.2. The number of nitrogens with one attached hydrogen (secondary N) is 1. The van der Waals surface area contributed by atoms with Crippen molar-refractivity contribution in [2.45, 2.75) is 49.8 Å². The summed E-state index contributed by atoms with van der Waals surface area (Å²) < 4.78 is 70.7. The number of sulfonamides is 1. The number of unbranched alkanes of at least 4 members (excludes halogenated alkanes) is 1. The molecule has 0 aliphatic rings. The number of nitrogens with zero attached hydrogens (tertiary/aromatic N) is 2. The van der Waals surface area contributed by atoms with E-state index in [2.05, 4.69) is 21.2 Å². The van der Waals surface area contributed by atoms with E-state index in [1.807, 2.05) is 37.3 Å². The molecule has 0 aliphatic carbocycles. The molecule has 47 heavy (non-hydrogen) atoms. The molecule has 12 heteroatoms. The molecule has 1 unspecified atom stereocenters. The lowest BCUT2D eigenvalue weighted by molar-refractivity contribution is -0.140. The molecule has 0 saturated carbocycles. The summed E-state index contributed by atoms with van der Waals surface area (Å²) in [7, 11) is -4.54. The van der Waals surface area contributed by atoms with E-state index >= 15 is 0 Å². The fraction of sp³-hybridized carbons (Fsp3) is 0.257. The molecule has 7 nitrogen and oxygen atoms in total. The maximum absolute atomic E-state index is 14.4. The van der Waals surface area contributed by atoms with Crippen molar-refractivity contribution in [2.24, 2.45) is 0 Å². The Hall–Kier alpha value is -4.16. The van der Waals surface area contributed by atoms with Gasteiger partial charge >= 0.3 is 6.18 Å². The number of carbonyl (C=O) groups excluding carboxylic acids is 2. The molecule has 0 heterocycles. The fourth-order valence-corrected chi connectivity index (χ4v) is 6.85. The molecule has 4 aromatic rings. The quantitative estimate of drug-likeness (QED) is 0.139. The van der Waals surface area contributed by atoms with Gasteiger partial charge in [-0.05, 0) is 60.0 Å². The lowest BCUT2D eigenvalue weighted by Gasteiger charge is -2.34. The summed E-state index contributed by atoms with van der Waals surface area (Å²) in [5, 5.41) is 2.90. The van der Waals surface area contributed by atoms with Crippen LogP contribution in [0.4, 0.5) is 18.9 Å². The molecule has 0 bridgehead atoms. The van der Waals surface area contributed by atoms with Crippen LogP contribution in [0.1, 0.15) is 36.5 Å². The van der Waals surface area contributed by atoms with Gasteiger partial charge in [-0.25, -0.2) is 8.42 Å². The van der Waals surface area contributed by atoms with Gasteiger partial charge in [-0.1, -0.05) is 96.0 Å². The number of amides is 2. The van der Waals surface area contributed by atoms with E-state index in [4.69, 9.17) is 0 Å². The number of alkyl halides is 3. The third kappa shape index (κ3) is 9.68. The average Bonchev–Trinajstić information content (AvgIpc) is 3.05. The topological polar surface area (TPSA) is 86.8 Å². The van der Waals surface area contributed by atoms with Crippen LogP contribution in [-0.2, 0) is 38.8 Å². The number of hydrogen-bond donors (Lipinski definition) is 1. The summed E-state index contributed by atoms with van der Waals surface area (Å²) in [5.74, 6) is -1.20. The fourth-order valence-electron chi connectivity index (χ4n) is 4.98. The summed E-state index contributed by atoms with van der Waals surface area (Å²) >= 11 is 3.43. The summed E-state index contributed by atoms with van der Waals surface area (Å²) in [6.45, 7) is 1.42. The van der Waals surface area contributed by atoms with E-state index < -0.39 is 46.2 Å². The van der Waals surface area contributed by atoms with Gasteiger partial charge in [0.25, 0.3) is 10.0 Å². The Bertz CT molecular complexity index is 1760. The largest absolute Gasteiger partial charge is 0.416 e. The van der Waals surface area contributed by atoms with Gasteiger partial charge in [0.05, 0.1) is 16.1 Å². The predicted octanol–water partition coefficient (Wildman–Crippen LogP) is 7.22. The van der Waals surface area contributed by atoms with Crippen LogP contribution in [0.5, 0.6) is 0 Å². The smallest absolute Gasteiger partial charge is 0.354 e. The van der Waals surface area contributed by atoms with Crippen LogP contribution in [0.2, 0.25) is 0 Å². The highest BCUT2D eigenvalue weighted by molar-refractivity contribution is 9.10. The molecule has 0 saturated heterocycles. The van der Waals surface area contributed by atoms with Crippen molar-refractivity contribution in [1.29, 1.82) is 0 Å². The summed E-state index contributed by atoms with van der Waals surface area (Å²) in [4.78, 5) is 29.3. The van der Waals surface area contributed by atoms with Crippen molar-refractivity contribution in [3.63, 3.8) is 0 Å². The molecule has 2 amide bonds. The van der Waals surface area contributed by atoms with Gasteiger partial charge in [0.1, 0.15) is 12.6 Å². The second kappa shape index (κ2) is 16.1. The maximum Gasteiger partial charge on any atom is 0.416 e. The maximum atomic E-state index is 14.4. The van der Waals surface area contributed by atoms with Crippen molar-refractivity contribution < 1.29 is 31.2 Å². The van der Waals surface area contributed by atoms with E-state index in [1.54, 1.807) is 30.3 Å². The van der Waals surface area contributed by atoms with Crippen LogP contribution in [-0.4, -0.2) is 44.3 Å². The second-order valence-electron chi connectivity index (χ2n) is 10.9. The minimum absolute atomic E-state index is 0.0706. The van der Waals surface area contributed by atoms with Crippen LogP contribution >= 0.6 is 15.9 Å². The second-order valence-corrected chi connectivity index (χ2v) is 13.7. The van der Waals surface area contributed by atoms with Crippen molar-refractivity contribution in [1.82, 2.24) is 10.2 Å². The molecule has 0 fully saturated rings. The normalized spacial score (nSPS) is 12.3. The van der Waals surface area contributed by atoms with Gasteiger partial charge in [0.15, 0.2) is 0 Å². The summed E-state index contributed by atoms with van der Waals surface area (Å²) in [6.07, 6.45) is -3.10. The average molecular weight is 731 g/mol. The first-order valence-electron chi connectivity index (χ1n) is 15.0. The van der Waals surface area contributed by atoms with E-state index in [9.17, 15) is 31.2 Å². The molecule has 0 aromatic heterocycles. The lowest BCUT2D eigenvalue weighted by atomic mass is 10.0. The number of carbonyl (C=O) groups is 2. The molecule has 4 rings (SSSR count). The highest BCUT2D eigenvalue weighted by atomic mass is 79.9. The Morgan fingerprint density at radius 1 is 0.851 bits per heavy atom. The molecule has 248 valence electrons. The van der Waals surface area contributed by atoms with Crippen LogP contribution in [0.15, 0.2) is 119 Å². The van der Waals surface area contributed by atoms with Crippen LogP contribution < -0.4 is 9.62 Å². The molecule has 0 aliphatic heterocycles. The first-order chi connectivity index (χ1) is 22.4. The van der Waals surface area contributed by atoms with Crippen LogP contribution in [0.3, 0.4) is 0 Å². The summed E-state index contributed by atoms with van der Waals surface area (Å²) in [6, 6.07) is 26.1. The molecule has 1 N–H and O–H groups in total. The third-order valence-electron chi connectivity index (χ3n) is 7.41. The van der Waals surface area contributed by atoms with Gasteiger partial charge in [-0.2, -0.15) is 13.2 Å². The van der Waals surface area contributed by atoms with E-state index in [1.165, 1.54) is 35.2 Å². The Balaban J connectivity index is 1.82. The predicted molar refractivity (Wildman–Crippen MR) is 179 cm³/mol. The van der Waals surface area contributed by atoms with E-state index in [-0.39, 0.29) is 23.5 Å². The highest BCUT2D eigenvalue weighted by Gasteiger charge is 2.36. The Labute approximate surface area is 281 Å². The molecular formula is C35H35BrF3N3O4S. The van der Waals surface area contributed by atoms with Gasteiger partial charge in [0.2, 0.25) is 11.8 Å². The van der Waals surface area contributed by atoms with Gasteiger partial charge in [-0.3, -0.25) is 13.9 Å². The van der Waals surface area contributed by atoms with Gasteiger partial charge in [0, 0.05) is 24.0 Å². The molecule has 1 atom stereocenters. The van der Waals surface area contributed by atoms with Crippen molar-refractivity contribution >= 4 is 43.5 Å². The molecular weight excluding hydrogens is 695 g/mol. The summed E-state index contributed by atoms with van der Waals surface area (Å²) in [5.41, 5.74) is 0.0101. The van der Waals surface area contributed by atoms with Gasteiger partial charge in [-0.15, -0.1) is 0 Å². The minimum atomic E-state index is -4.76. The third-order valence-corrected chi connectivity index (χ3v) is 9.70. The van der Waals surface area contributed by atoms with E-state index in [0.29, 0.717) is 28.9 Å². The number of benzene rings is 4. The van der Waals surface area contributed by atoms with E-state index in [0.717, 1.165) is 28.6 Å². The number of hydrogen-bond acceptors (Lipinski definition) is 4. The zero-order valence-electron chi connectivity index (χ0n) is 25.7. The highest BCUT2D eigenvalue weighted by Crippen LogP contribution is 2.33. The van der Waals surface area contributed by atoms with Gasteiger partial charge < -0.3 is 10.2 Å². The SMILES string of the molecule is CCCCNC(=O)C(Cc1ccccc1)N(Cc1cccc(Br)c1)C(=O)CN(c1cccc(C(F)(F)F)c1)S(=O)(=O)c1ccccc1. The number of halogens is 4. The number of rotatable bonds is 14. The zero-order valence-corrected chi connectivity index (χ0v) is 28.1. The molecule has 4 aromatic carbocycles. The minimum Gasteiger partial charge on any atom is -0.354 e. The Morgan fingerprint density at radius 3 is 2.13 bits per heavy atom. The zero-order chi connectivity index (χ0) is 34.0. The number of anilines is 1. The molecule has 0 radical (unpaired) electrons. The first kappa shape index (κ1) is 35.7. The van der Waals surface area contributed by atoms with Crippen molar-refractivity contribution in [3.05, 3.63) is 130 Å². The van der Waals surface area contributed by atoms with Crippen LogP contribution in [0.25, 0.3) is 0 Å². The lowest BCUT2D eigenvalue weighted by Crippen LogP contribution is -2.53. The monoisotopic (exact) mass is 729 g/mol. The standard InChI is InChI=1S/C35H35BrF3N3O4S/c1-2-3-20-40-34(44)32(22-26-12-6-4-7-13-26)41(24-27-14-10-16-29(36)21-27)33(43)25-42(47(45,46)31-18-8-5-9-19-31)30-17-11-15-28(23-30)35(37,38)39/h4-19,21,23,32H,2-3,20,22,24-25H2,1H3,(H,40,44). The first-order valence-corrected chi connectivity index (χ1v) is 17.2.